The summed E-state index contributed by atoms with van der Waals surface area (Å²) >= 11 is 3.59. The number of rotatable bonds is 3. The van der Waals surface area contributed by atoms with Crippen molar-refractivity contribution < 1.29 is 4.79 Å². The molecule has 104 valence electrons. The first-order valence-electron chi connectivity index (χ1n) is 6.51. The van der Waals surface area contributed by atoms with E-state index in [9.17, 15) is 4.79 Å². The van der Waals surface area contributed by atoms with Gasteiger partial charge in [-0.25, -0.2) is 0 Å². The molecule has 1 amide bonds. The number of carbonyl (C=O) groups is 1. The lowest BCUT2D eigenvalue weighted by atomic mass is 10.1. The zero-order chi connectivity index (χ0) is 14.0. The minimum Gasteiger partial charge on any atom is -0.359 e. The van der Waals surface area contributed by atoms with Crippen LogP contribution in [0.1, 0.15) is 18.4 Å². The summed E-state index contributed by atoms with van der Waals surface area (Å²) in [5.41, 5.74) is 7.81. The van der Waals surface area contributed by atoms with E-state index in [1.54, 1.807) is 4.90 Å². The Labute approximate surface area is 122 Å². The number of hydrogen-bond donors (Lipinski definition) is 1. The maximum atomic E-state index is 12.2. The van der Waals surface area contributed by atoms with E-state index in [1.807, 2.05) is 32.3 Å². The van der Waals surface area contributed by atoms with Gasteiger partial charge < -0.3 is 15.5 Å². The molecule has 0 spiro atoms. The van der Waals surface area contributed by atoms with Crippen LogP contribution in [0.15, 0.2) is 22.7 Å². The molecule has 1 atom stereocenters. The molecule has 1 fully saturated rings. The topological polar surface area (TPSA) is 49.6 Å². The maximum Gasteiger partial charge on any atom is 0.244 e. The average molecular weight is 326 g/mol. The summed E-state index contributed by atoms with van der Waals surface area (Å²) in [6.07, 6.45) is 1.97. The molecule has 2 N–H and O–H groups in total. The normalized spacial score (nSPS) is 18.7. The molecule has 0 aromatic heterocycles. The van der Waals surface area contributed by atoms with E-state index in [-0.39, 0.29) is 11.9 Å². The number of amides is 1. The van der Waals surface area contributed by atoms with Gasteiger partial charge in [-0.1, -0.05) is 6.07 Å². The fourth-order valence-corrected chi connectivity index (χ4v) is 3.17. The molecule has 1 unspecified atom stereocenters. The summed E-state index contributed by atoms with van der Waals surface area (Å²) in [5, 5.41) is 0. The van der Waals surface area contributed by atoms with Crippen molar-refractivity contribution in [1.29, 1.82) is 0 Å². The molecular weight excluding hydrogens is 306 g/mol. The second-order valence-corrected chi connectivity index (χ2v) is 5.93. The van der Waals surface area contributed by atoms with Crippen molar-refractivity contribution in [1.82, 2.24) is 4.90 Å². The van der Waals surface area contributed by atoms with Gasteiger partial charge in [-0.3, -0.25) is 4.79 Å². The number of anilines is 1. The van der Waals surface area contributed by atoms with Gasteiger partial charge in [0, 0.05) is 31.7 Å². The SMILES string of the molecule is CN(C)C(=O)C1CCCN1c1ccc(CN)cc1Br. The van der Waals surface area contributed by atoms with Crippen LogP contribution < -0.4 is 10.6 Å². The van der Waals surface area contributed by atoms with Crippen molar-refractivity contribution in [3.8, 4) is 0 Å². The highest BCUT2D eigenvalue weighted by molar-refractivity contribution is 9.10. The van der Waals surface area contributed by atoms with Crippen LogP contribution in [-0.2, 0) is 11.3 Å². The Balaban J connectivity index is 2.27. The lowest BCUT2D eigenvalue weighted by Gasteiger charge is -2.29. The standard InChI is InChI=1S/C14H20BrN3O/c1-17(2)14(19)13-4-3-7-18(13)12-6-5-10(9-16)8-11(12)15/h5-6,8,13H,3-4,7,9,16H2,1-2H3. The Bertz CT molecular complexity index is 476. The molecule has 0 radical (unpaired) electrons. The van der Waals surface area contributed by atoms with Gasteiger partial charge in [0.2, 0.25) is 5.91 Å². The third-order valence-corrected chi connectivity index (χ3v) is 4.17. The van der Waals surface area contributed by atoms with Crippen LogP contribution in [0.3, 0.4) is 0 Å². The lowest BCUT2D eigenvalue weighted by Crippen LogP contribution is -2.42. The quantitative estimate of drug-likeness (QED) is 0.924. The van der Waals surface area contributed by atoms with Gasteiger partial charge in [-0.15, -0.1) is 0 Å². The minimum absolute atomic E-state index is 0.0463. The van der Waals surface area contributed by atoms with Crippen LogP contribution in [0.2, 0.25) is 0 Å². The number of carbonyl (C=O) groups excluding carboxylic acids is 1. The molecule has 1 heterocycles. The molecule has 19 heavy (non-hydrogen) atoms. The largest absolute Gasteiger partial charge is 0.359 e. The van der Waals surface area contributed by atoms with E-state index in [1.165, 1.54) is 0 Å². The van der Waals surface area contributed by atoms with Crippen LogP contribution in [0.5, 0.6) is 0 Å². The molecule has 0 saturated carbocycles. The molecule has 0 aliphatic carbocycles. The van der Waals surface area contributed by atoms with Crippen molar-refractivity contribution in [2.75, 3.05) is 25.5 Å². The third-order valence-electron chi connectivity index (χ3n) is 3.54. The summed E-state index contributed by atoms with van der Waals surface area (Å²) in [6, 6.07) is 6.06. The van der Waals surface area contributed by atoms with Crippen LogP contribution in [0.25, 0.3) is 0 Å². The highest BCUT2D eigenvalue weighted by atomic mass is 79.9. The summed E-state index contributed by atoms with van der Waals surface area (Å²) in [4.78, 5) is 16.1. The molecule has 4 nitrogen and oxygen atoms in total. The second-order valence-electron chi connectivity index (χ2n) is 5.07. The molecule has 1 aromatic carbocycles. The number of nitrogens with two attached hydrogens (primary N) is 1. The maximum absolute atomic E-state index is 12.2. The summed E-state index contributed by atoms with van der Waals surface area (Å²) < 4.78 is 1.01. The number of hydrogen-bond acceptors (Lipinski definition) is 3. The molecule has 5 heteroatoms. The van der Waals surface area contributed by atoms with Gasteiger partial charge >= 0.3 is 0 Å². The zero-order valence-corrected chi connectivity index (χ0v) is 13.0. The number of halogens is 1. The molecular formula is C14H20BrN3O. The van der Waals surface area contributed by atoms with Crippen molar-refractivity contribution in [3.63, 3.8) is 0 Å². The fraction of sp³-hybridized carbons (Fsp3) is 0.500. The minimum atomic E-state index is -0.0463. The predicted octanol–water partition coefficient (Wildman–Crippen LogP) is 1.96. The van der Waals surface area contributed by atoms with E-state index in [2.05, 4.69) is 20.8 Å². The van der Waals surface area contributed by atoms with Crippen molar-refractivity contribution in [2.24, 2.45) is 5.73 Å². The smallest absolute Gasteiger partial charge is 0.244 e. The third kappa shape index (κ3) is 2.92. The van der Waals surface area contributed by atoms with Crippen LogP contribution in [0.4, 0.5) is 5.69 Å². The van der Waals surface area contributed by atoms with Crippen LogP contribution in [-0.4, -0.2) is 37.5 Å². The van der Waals surface area contributed by atoms with Crippen molar-refractivity contribution >= 4 is 27.5 Å². The first-order valence-corrected chi connectivity index (χ1v) is 7.30. The van der Waals surface area contributed by atoms with Gasteiger partial charge in [-0.05, 0) is 46.5 Å². The van der Waals surface area contributed by atoms with Gasteiger partial charge in [0.25, 0.3) is 0 Å². The predicted molar refractivity (Wildman–Crippen MR) is 81.1 cm³/mol. The number of benzene rings is 1. The van der Waals surface area contributed by atoms with E-state index in [0.29, 0.717) is 6.54 Å². The van der Waals surface area contributed by atoms with E-state index in [4.69, 9.17) is 5.73 Å². The van der Waals surface area contributed by atoms with E-state index >= 15 is 0 Å². The Morgan fingerprint density at radius 2 is 2.26 bits per heavy atom. The molecule has 0 bridgehead atoms. The molecule has 2 rings (SSSR count). The van der Waals surface area contributed by atoms with Gasteiger partial charge in [-0.2, -0.15) is 0 Å². The monoisotopic (exact) mass is 325 g/mol. The summed E-state index contributed by atoms with van der Waals surface area (Å²) in [6.45, 7) is 1.45. The Morgan fingerprint density at radius 3 is 2.84 bits per heavy atom. The zero-order valence-electron chi connectivity index (χ0n) is 11.4. The first-order chi connectivity index (χ1) is 9.04. The van der Waals surface area contributed by atoms with Crippen molar-refractivity contribution in [2.45, 2.75) is 25.4 Å². The summed E-state index contributed by atoms with van der Waals surface area (Å²) in [5.74, 6) is 0.173. The second kappa shape index (κ2) is 5.92. The van der Waals surface area contributed by atoms with Gasteiger partial charge in [0.05, 0.1) is 5.69 Å². The Morgan fingerprint density at radius 1 is 1.53 bits per heavy atom. The molecule has 1 aliphatic heterocycles. The fourth-order valence-electron chi connectivity index (χ4n) is 2.52. The molecule has 1 aromatic rings. The Kier molecular flexibility index (Phi) is 4.47. The van der Waals surface area contributed by atoms with Gasteiger partial charge in [0.1, 0.15) is 6.04 Å². The summed E-state index contributed by atoms with van der Waals surface area (Å²) in [7, 11) is 3.62. The van der Waals surface area contributed by atoms with Crippen molar-refractivity contribution in [3.05, 3.63) is 28.2 Å². The molecule has 1 saturated heterocycles. The number of nitrogens with zero attached hydrogens (tertiary/aromatic N) is 2. The highest BCUT2D eigenvalue weighted by Crippen LogP contribution is 2.33. The first kappa shape index (κ1) is 14.3. The molecule has 1 aliphatic rings. The number of likely N-dealkylation sites (N-methyl/N-ethyl adjacent to an activating group) is 1. The van der Waals surface area contributed by atoms with E-state index < -0.39 is 0 Å². The highest BCUT2D eigenvalue weighted by Gasteiger charge is 2.32. The van der Waals surface area contributed by atoms with Gasteiger partial charge in [0.15, 0.2) is 0 Å². The lowest BCUT2D eigenvalue weighted by molar-refractivity contribution is -0.129. The average Bonchev–Trinajstić information content (AvgIpc) is 2.86. The van der Waals surface area contributed by atoms with E-state index in [0.717, 1.165) is 35.1 Å². The van der Waals surface area contributed by atoms with Crippen LogP contribution >= 0.6 is 15.9 Å². The van der Waals surface area contributed by atoms with Crippen LogP contribution in [0, 0.1) is 0 Å². The Hall–Kier alpha value is -1.07.